The summed E-state index contributed by atoms with van der Waals surface area (Å²) < 4.78 is 38.1. The second-order valence-electron chi connectivity index (χ2n) is 7.14. The van der Waals surface area contributed by atoms with Gasteiger partial charge in [-0.15, -0.1) is 0 Å². The van der Waals surface area contributed by atoms with Crippen molar-refractivity contribution in [1.29, 1.82) is 0 Å². The summed E-state index contributed by atoms with van der Waals surface area (Å²) in [7, 11) is 0. The first-order chi connectivity index (χ1) is 13.3. The Labute approximate surface area is 163 Å². The Morgan fingerprint density at radius 3 is 2.46 bits per heavy atom. The number of alkyl halides is 3. The van der Waals surface area contributed by atoms with Crippen LogP contribution < -0.4 is 4.90 Å². The van der Waals surface area contributed by atoms with Crippen molar-refractivity contribution in [1.82, 2.24) is 9.88 Å². The molecular formula is C21H24F3N3O. The van der Waals surface area contributed by atoms with Crippen LogP contribution in [0.1, 0.15) is 36.8 Å². The third-order valence-electron chi connectivity index (χ3n) is 5.10. The molecule has 3 rings (SSSR count). The monoisotopic (exact) mass is 391 g/mol. The van der Waals surface area contributed by atoms with E-state index in [1.165, 1.54) is 6.07 Å². The molecule has 2 aromatic rings. The van der Waals surface area contributed by atoms with Crippen molar-refractivity contribution < 1.29 is 18.0 Å². The summed E-state index contributed by atoms with van der Waals surface area (Å²) in [5, 5.41) is 0. The summed E-state index contributed by atoms with van der Waals surface area (Å²) in [5.41, 5.74) is 0.388. The summed E-state index contributed by atoms with van der Waals surface area (Å²) in [6, 6.07) is 12.4. The molecule has 28 heavy (non-hydrogen) atoms. The van der Waals surface area contributed by atoms with Gasteiger partial charge in [-0.1, -0.05) is 37.3 Å². The van der Waals surface area contributed by atoms with Crippen molar-refractivity contribution in [2.24, 2.45) is 0 Å². The van der Waals surface area contributed by atoms with Gasteiger partial charge in [0.1, 0.15) is 5.82 Å². The molecule has 0 radical (unpaired) electrons. The molecule has 150 valence electrons. The number of benzene rings is 1. The van der Waals surface area contributed by atoms with Crippen molar-refractivity contribution in [3.8, 4) is 0 Å². The lowest BCUT2D eigenvalue weighted by Crippen LogP contribution is -2.35. The third kappa shape index (κ3) is 5.03. The van der Waals surface area contributed by atoms with Crippen LogP contribution in [0.25, 0.3) is 0 Å². The fourth-order valence-corrected chi connectivity index (χ4v) is 3.43. The smallest absolute Gasteiger partial charge is 0.355 e. The number of rotatable bonds is 4. The second kappa shape index (κ2) is 8.63. The molecule has 0 spiro atoms. The fraction of sp³-hybridized carbons (Fsp3) is 0.429. The van der Waals surface area contributed by atoms with Crippen LogP contribution in [0.5, 0.6) is 0 Å². The number of hydrogen-bond donors (Lipinski definition) is 0. The average molecular weight is 391 g/mol. The highest BCUT2D eigenvalue weighted by Gasteiger charge is 2.31. The maximum atomic E-state index is 12.7. The fourth-order valence-electron chi connectivity index (χ4n) is 3.43. The summed E-state index contributed by atoms with van der Waals surface area (Å²) >= 11 is 0. The largest absolute Gasteiger partial charge is 0.417 e. The highest BCUT2D eigenvalue weighted by molar-refractivity contribution is 5.77. The minimum atomic E-state index is -4.39. The Kier molecular flexibility index (Phi) is 6.21. The number of amides is 1. The third-order valence-corrected chi connectivity index (χ3v) is 5.10. The lowest BCUT2D eigenvalue weighted by molar-refractivity contribution is -0.137. The van der Waals surface area contributed by atoms with Gasteiger partial charge in [0.25, 0.3) is 0 Å². The Morgan fingerprint density at radius 1 is 1.07 bits per heavy atom. The van der Waals surface area contributed by atoms with E-state index in [-0.39, 0.29) is 11.8 Å². The highest BCUT2D eigenvalue weighted by atomic mass is 19.4. The Bertz CT molecular complexity index is 778. The average Bonchev–Trinajstić information content (AvgIpc) is 2.94. The number of carbonyl (C=O) groups excluding carboxylic acids is 1. The van der Waals surface area contributed by atoms with Gasteiger partial charge in [-0.3, -0.25) is 4.79 Å². The van der Waals surface area contributed by atoms with Crippen LogP contribution in [0.4, 0.5) is 19.0 Å². The van der Waals surface area contributed by atoms with E-state index < -0.39 is 11.7 Å². The molecule has 2 heterocycles. The number of aromatic nitrogens is 1. The minimum absolute atomic E-state index is 0.110. The Morgan fingerprint density at radius 2 is 1.82 bits per heavy atom. The predicted molar refractivity (Wildman–Crippen MR) is 102 cm³/mol. The maximum absolute atomic E-state index is 12.7. The summed E-state index contributed by atoms with van der Waals surface area (Å²) in [4.78, 5) is 20.5. The SMILES string of the molecule is CC(CC(=O)N1CCCN(c2ccc(C(F)(F)F)cn2)CC1)c1ccccc1. The van der Waals surface area contributed by atoms with E-state index in [0.29, 0.717) is 38.4 Å². The van der Waals surface area contributed by atoms with Crippen LogP contribution in [0.3, 0.4) is 0 Å². The van der Waals surface area contributed by atoms with Gasteiger partial charge in [0.15, 0.2) is 0 Å². The number of carbonyl (C=O) groups is 1. The first-order valence-corrected chi connectivity index (χ1v) is 9.45. The molecule has 1 atom stereocenters. The molecule has 0 saturated carbocycles. The van der Waals surface area contributed by atoms with Gasteiger partial charge in [-0.05, 0) is 30.0 Å². The van der Waals surface area contributed by atoms with E-state index in [9.17, 15) is 18.0 Å². The molecule has 1 saturated heterocycles. The first-order valence-electron chi connectivity index (χ1n) is 9.45. The molecule has 1 aromatic heterocycles. The van der Waals surface area contributed by atoms with E-state index in [2.05, 4.69) is 4.98 Å². The van der Waals surface area contributed by atoms with Crippen LogP contribution in [-0.4, -0.2) is 42.0 Å². The highest BCUT2D eigenvalue weighted by Crippen LogP contribution is 2.29. The van der Waals surface area contributed by atoms with Gasteiger partial charge >= 0.3 is 6.18 Å². The quantitative estimate of drug-likeness (QED) is 0.778. The minimum Gasteiger partial charge on any atom is -0.355 e. The number of hydrogen-bond acceptors (Lipinski definition) is 3. The van der Waals surface area contributed by atoms with E-state index in [4.69, 9.17) is 0 Å². The van der Waals surface area contributed by atoms with Crippen LogP contribution in [0.15, 0.2) is 48.7 Å². The van der Waals surface area contributed by atoms with Crippen molar-refractivity contribution in [2.45, 2.75) is 31.9 Å². The van der Waals surface area contributed by atoms with E-state index >= 15 is 0 Å². The molecule has 7 heteroatoms. The van der Waals surface area contributed by atoms with Gasteiger partial charge in [-0.25, -0.2) is 4.98 Å². The van der Waals surface area contributed by atoms with E-state index in [1.807, 2.05) is 47.1 Å². The van der Waals surface area contributed by atoms with Gasteiger partial charge < -0.3 is 9.80 Å². The molecule has 1 aromatic carbocycles. The summed E-state index contributed by atoms with van der Waals surface area (Å²) in [6.07, 6.45) is -2.32. The molecule has 1 fully saturated rings. The number of pyridine rings is 1. The Balaban J connectivity index is 1.58. The van der Waals surface area contributed by atoms with Crippen molar-refractivity contribution >= 4 is 11.7 Å². The van der Waals surface area contributed by atoms with Gasteiger partial charge in [0.05, 0.1) is 5.56 Å². The zero-order valence-corrected chi connectivity index (χ0v) is 15.8. The first kappa shape index (κ1) is 20.2. The Hall–Kier alpha value is -2.57. The number of nitrogens with zero attached hydrogens (tertiary/aromatic N) is 3. The summed E-state index contributed by atoms with van der Waals surface area (Å²) in [5.74, 6) is 0.767. The molecule has 0 bridgehead atoms. The van der Waals surface area contributed by atoms with E-state index in [1.54, 1.807) is 0 Å². The molecule has 1 aliphatic rings. The second-order valence-corrected chi connectivity index (χ2v) is 7.14. The number of halogens is 3. The van der Waals surface area contributed by atoms with E-state index in [0.717, 1.165) is 24.2 Å². The molecule has 0 N–H and O–H groups in total. The van der Waals surface area contributed by atoms with Gasteiger partial charge in [0.2, 0.25) is 5.91 Å². The van der Waals surface area contributed by atoms with Crippen LogP contribution >= 0.6 is 0 Å². The van der Waals surface area contributed by atoms with Crippen molar-refractivity contribution in [3.63, 3.8) is 0 Å². The van der Waals surface area contributed by atoms with Gasteiger partial charge in [-0.2, -0.15) is 13.2 Å². The molecule has 0 aliphatic carbocycles. The normalized spacial score (nSPS) is 16.6. The summed E-state index contributed by atoms with van der Waals surface area (Å²) in [6.45, 7) is 4.46. The predicted octanol–water partition coefficient (Wildman–Crippen LogP) is 4.33. The van der Waals surface area contributed by atoms with Crippen LogP contribution in [0, 0.1) is 0 Å². The molecular weight excluding hydrogens is 367 g/mol. The van der Waals surface area contributed by atoms with Crippen LogP contribution in [0.2, 0.25) is 0 Å². The van der Waals surface area contributed by atoms with Crippen molar-refractivity contribution in [3.05, 3.63) is 59.8 Å². The standard InChI is InChI=1S/C21H24F3N3O/c1-16(17-6-3-2-4-7-17)14-20(28)27-11-5-10-26(12-13-27)19-9-8-18(15-25-19)21(22,23)24/h2-4,6-9,15-16H,5,10-14H2,1H3. The maximum Gasteiger partial charge on any atom is 0.417 e. The lowest BCUT2D eigenvalue weighted by Gasteiger charge is -2.24. The molecule has 1 amide bonds. The lowest BCUT2D eigenvalue weighted by atomic mass is 9.97. The van der Waals surface area contributed by atoms with Crippen molar-refractivity contribution in [2.75, 3.05) is 31.1 Å². The zero-order chi connectivity index (χ0) is 20.1. The topological polar surface area (TPSA) is 36.4 Å². The molecule has 1 unspecified atom stereocenters. The van der Waals surface area contributed by atoms with Crippen LogP contribution in [-0.2, 0) is 11.0 Å². The molecule has 4 nitrogen and oxygen atoms in total. The zero-order valence-electron chi connectivity index (χ0n) is 15.8. The number of anilines is 1. The van der Waals surface area contributed by atoms with Gasteiger partial charge in [0, 0.05) is 38.8 Å². The molecule has 1 aliphatic heterocycles.